The second kappa shape index (κ2) is 5.34. The van der Waals surface area contributed by atoms with Crippen LogP contribution in [0.1, 0.15) is 27.1 Å². The maximum atomic E-state index is 12.3. The number of benzene rings is 1. The molecule has 5 heteroatoms. The van der Waals surface area contributed by atoms with Crippen LogP contribution in [0.2, 0.25) is 0 Å². The maximum absolute atomic E-state index is 12.3. The van der Waals surface area contributed by atoms with Gasteiger partial charge in [-0.3, -0.25) is 14.5 Å². The lowest BCUT2D eigenvalue weighted by Crippen LogP contribution is -2.46. The number of hydrogen-bond acceptors (Lipinski definition) is 4. The van der Waals surface area contributed by atoms with E-state index in [1.165, 1.54) is 4.90 Å². The Labute approximate surface area is 117 Å². The van der Waals surface area contributed by atoms with Crippen molar-refractivity contribution in [3.63, 3.8) is 0 Å². The molecule has 0 saturated carbocycles. The highest BCUT2D eigenvalue weighted by molar-refractivity contribution is 6.21. The van der Waals surface area contributed by atoms with Crippen LogP contribution in [0, 0.1) is 5.92 Å². The minimum Gasteiger partial charge on any atom is -0.380 e. The van der Waals surface area contributed by atoms with E-state index in [1.807, 2.05) is 0 Å². The van der Waals surface area contributed by atoms with Crippen molar-refractivity contribution in [3.8, 4) is 0 Å². The molecule has 1 N–H and O–H groups in total. The van der Waals surface area contributed by atoms with Crippen LogP contribution in [-0.2, 0) is 4.74 Å². The Bertz CT molecular complexity index is 509. The van der Waals surface area contributed by atoms with E-state index in [0.717, 1.165) is 19.5 Å². The van der Waals surface area contributed by atoms with E-state index in [2.05, 4.69) is 5.32 Å². The van der Waals surface area contributed by atoms with Crippen molar-refractivity contribution in [1.29, 1.82) is 0 Å². The predicted molar refractivity (Wildman–Crippen MR) is 73.6 cm³/mol. The van der Waals surface area contributed by atoms with Gasteiger partial charge >= 0.3 is 0 Å². The van der Waals surface area contributed by atoms with Gasteiger partial charge in [0.05, 0.1) is 17.2 Å². The van der Waals surface area contributed by atoms with Crippen molar-refractivity contribution in [1.82, 2.24) is 10.2 Å². The summed E-state index contributed by atoms with van der Waals surface area (Å²) in [5, 5.41) is 3.29. The van der Waals surface area contributed by atoms with Crippen molar-refractivity contribution >= 4 is 11.8 Å². The SMILES string of the molecule is CO[C@@H]1CNC[C@H](CN2C(=O)c3ccccc3C2=O)C1. The molecule has 0 spiro atoms. The Morgan fingerprint density at radius 2 is 1.85 bits per heavy atom. The van der Waals surface area contributed by atoms with Gasteiger partial charge in [-0.1, -0.05) is 12.1 Å². The van der Waals surface area contributed by atoms with Gasteiger partial charge in [0, 0.05) is 20.2 Å². The van der Waals surface area contributed by atoms with Gasteiger partial charge in [-0.15, -0.1) is 0 Å². The average Bonchev–Trinajstić information content (AvgIpc) is 2.73. The summed E-state index contributed by atoms with van der Waals surface area (Å²) >= 11 is 0. The van der Waals surface area contributed by atoms with Gasteiger partial charge in [-0.05, 0) is 31.0 Å². The molecule has 1 saturated heterocycles. The topological polar surface area (TPSA) is 58.6 Å². The lowest BCUT2D eigenvalue weighted by atomic mass is 9.97. The largest absolute Gasteiger partial charge is 0.380 e. The number of imide groups is 1. The third-order valence-corrected chi connectivity index (χ3v) is 4.05. The molecule has 0 bridgehead atoms. The van der Waals surface area contributed by atoms with Crippen LogP contribution < -0.4 is 5.32 Å². The third kappa shape index (κ3) is 2.23. The van der Waals surface area contributed by atoms with E-state index in [9.17, 15) is 9.59 Å². The Hall–Kier alpha value is -1.72. The predicted octanol–water partition coefficient (Wildman–Crippen LogP) is 0.907. The van der Waals surface area contributed by atoms with Gasteiger partial charge in [0.1, 0.15) is 0 Å². The minimum atomic E-state index is -0.176. The lowest BCUT2D eigenvalue weighted by molar-refractivity contribution is 0.0446. The minimum absolute atomic E-state index is 0.156. The lowest BCUT2D eigenvalue weighted by Gasteiger charge is -2.31. The molecule has 106 valence electrons. The molecular weight excluding hydrogens is 256 g/mol. The van der Waals surface area contributed by atoms with Gasteiger partial charge in [-0.2, -0.15) is 0 Å². The van der Waals surface area contributed by atoms with E-state index in [4.69, 9.17) is 4.74 Å². The Balaban J connectivity index is 1.73. The van der Waals surface area contributed by atoms with Gasteiger partial charge in [0.25, 0.3) is 11.8 Å². The first-order valence-electron chi connectivity index (χ1n) is 6.89. The highest BCUT2D eigenvalue weighted by atomic mass is 16.5. The molecule has 5 nitrogen and oxygen atoms in total. The van der Waals surface area contributed by atoms with Gasteiger partial charge < -0.3 is 10.1 Å². The average molecular weight is 274 g/mol. The molecule has 2 aliphatic rings. The van der Waals surface area contributed by atoms with Crippen LogP contribution in [0.5, 0.6) is 0 Å². The third-order valence-electron chi connectivity index (χ3n) is 4.05. The van der Waals surface area contributed by atoms with Crippen LogP contribution in [0.25, 0.3) is 0 Å². The molecule has 1 fully saturated rings. The number of methoxy groups -OCH3 is 1. The first kappa shape index (κ1) is 13.3. The summed E-state index contributed by atoms with van der Waals surface area (Å²) in [5.74, 6) is -0.105. The van der Waals surface area contributed by atoms with Crippen LogP contribution in [0.4, 0.5) is 0 Å². The molecule has 2 aliphatic heterocycles. The standard InChI is InChI=1S/C15H18N2O3/c1-20-11-6-10(7-16-8-11)9-17-14(18)12-4-2-3-5-13(12)15(17)19/h2-5,10-11,16H,6-9H2,1H3/t10-,11+/m1/s1. The summed E-state index contributed by atoms with van der Waals surface area (Å²) in [7, 11) is 1.69. The number of rotatable bonds is 3. The summed E-state index contributed by atoms with van der Waals surface area (Å²) in [5.41, 5.74) is 1.04. The summed E-state index contributed by atoms with van der Waals surface area (Å²) in [6.07, 6.45) is 1.03. The first-order chi connectivity index (χ1) is 9.70. The molecule has 1 aromatic rings. The number of carbonyl (C=O) groups is 2. The molecule has 2 heterocycles. The molecule has 0 aliphatic carbocycles. The number of amides is 2. The molecule has 3 rings (SSSR count). The molecule has 0 aromatic heterocycles. The number of nitrogens with zero attached hydrogens (tertiary/aromatic N) is 1. The first-order valence-corrected chi connectivity index (χ1v) is 6.89. The van der Waals surface area contributed by atoms with E-state index in [1.54, 1.807) is 31.4 Å². The number of fused-ring (bicyclic) bond motifs is 1. The molecule has 20 heavy (non-hydrogen) atoms. The van der Waals surface area contributed by atoms with Gasteiger partial charge in [0.2, 0.25) is 0 Å². The van der Waals surface area contributed by atoms with Crippen molar-refractivity contribution in [2.45, 2.75) is 12.5 Å². The molecular formula is C15H18N2O3. The van der Waals surface area contributed by atoms with Crippen molar-refractivity contribution in [2.75, 3.05) is 26.7 Å². The fourth-order valence-corrected chi connectivity index (χ4v) is 2.97. The molecule has 2 amide bonds. The van der Waals surface area contributed by atoms with Crippen molar-refractivity contribution < 1.29 is 14.3 Å². The molecule has 2 atom stereocenters. The fraction of sp³-hybridized carbons (Fsp3) is 0.467. The van der Waals surface area contributed by atoms with E-state index >= 15 is 0 Å². The number of ether oxygens (including phenoxy) is 1. The number of carbonyl (C=O) groups excluding carboxylic acids is 2. The van der Waals surface area contributed by atoms with Gasteiger partial charge in [0.15, 0.2) is 0 Å². The monoisotopic (exact) mass is 274 g/mol. The second-order valence-corrected chi connectivity index (χ2v) is 5.38. The van der Waals surface area contributed by atoms with Crippen LogP contribution in [0.15, 0.2) is 24.3 Å². The number of nitrogens with one attached hydrogen (secondary N) is 1. The number of hydrogen-bond donors (Lipinski definition) is 1. The molecule has 1 aromatic carbocycles. The van der Waals surface area contributed by atoms with Gasteiger partial charge in [-0.25, -0.2) is 0 Å². The highest BCUT2D eigenvalue weighted by Crippen LogP contribution is 2.25. The van der Waals surface area contributed by atoms with Crippen molar-refractivity contribution in [2.24, 2.45) is 5.92 Å². The fourth-order valence-electron chi connectivity index (χ4n) is 2.97. The second-order valence-electron chi connectivity index (χ2n) is 5.38. The van der Waals surface area contributed by atoms with Crippen molar-refractivity contribution in [3.05, 3.63) is 35.4 Å². The quantitative estimate of drug-likeness (QED) is 0.832. The summed E-state index contributed by atoms with van der Waals surface area (Å²) in [6, 6.07) is 7.01. The van der Waals surface area contributed by atoms with Crippen LogP contribution in [0.3, 0.4) is 0 Å². The smallest absolute Gasteiger partial charge is 0.261 e. The number of piperidine rings is 1. The van der Waals surface area contributed by atoms with E-state index < -0.39 is 0 Å². The maximum Gasteiger partial charge on any atom is 0.261 e. The van der Waals surface area contributed by atoms with Crippen LogP contribution >= 0.6 is 0 Å². The zero-order chi connectivity index (χ0) is 14.1. The Morgan fingerprint density at radius 1 is 1.20 bits per heavy atom. The zero-order valence-corrected chi connectivity index (χ0v) is 11.5. The molecule has 0 radical (unpaired) electrons. The summed E-state index contributed by atoms with van der Waals surface area (Å²) in [6.45, 7) is 2.10. The summed E-state index contributed by atoms with van der Waals surface area (Å²) in [4.78, 5) is 25.9. The molecule has 0 unspecified atom stereocenters. The van der Waals surface area contributed by atoms with E-state index in [0.29, 0.717) is 17.7 Å². The normalized spacial score (nSPS) is 25.9. The Kier molecular flexibility index (Phi) is 3.54. The summed E-state index contributed by atoms with van der Waals surface area (Å²) < 4.78 is 5.35. The van der Waals surface area contributed by atoms with Crippen LogP contribution in [-0.4, -0.2) is 49.6 Å². The van der Waals surface area contributed by atoms with E-state index in [-0.39, 0.29) is 23.8 Å². The highest BCUT2D eigenvalue weighted by Gasteiger charge is 2.37. The Morgan fingerprint density at radius 3 is 2.45 bits per heavy atom. The zero-order valence-electron chi connectivity index (χ0n) is 11.5.